The van der Waals surface area contributed by atoms with Gasteiger partial charge in [-0.25, -0.2) is 12.8 Å². The molecule has 0 heterocycles. The Balaban J connectivity index is 3.11. The highest BCUT2D eigenvalue weighted by atomic mass is 79.9. The van der Waals surface area contributed by atoms with Crippen molar-refractivity contribution in [2.45, 2.75) is 4.90 Å². The number of hydrogen-bond donors (Lipinski definition) is 1. The second-order valence-corrected chi connectivity index (χ2v) is 6.78. The van der Waals surface area contributed by atoms with Crippen LogP contribution >= 0.6 is 26.6 Å². The molecule has 1 N–H and O–H groups in total. The van der Waals surface area contributed by atoms with Crippen LogP contribution in [0.25, 0.3) is 0 Å². The highest BCUT2D eigenvalue weighted by Crippen LogP contribution is 2.29. The summed E-state index contributed by atoms with van der Waals surface area (Å²) >= 11 is 2.77. The van der Waals surface area contributed by atoms with E-state index < -0.39 is 25.7 Å². The van der Waals surface area contributed by atoms with Gasteiger partial charge in [0, 0.05) is 29.9 Å². The van der Waals surface area contributed by atoms with Crippen LogP contribution < -0.4 is 5.32 Å². The van der Waals surface area contributed by atoms with E-state index in [2.05, 4.69) is 21.2 Å². The summed E-state index contributed by atoms with van der Waals surface area (Å²) in [6, 6.07) is 1.91. The number of amides is 1. The zero-order chi connectivity index (χ0) is 14.6. The van der Waals surface area contributed by atoms with Gasteiger partial charge in [-0.05, 0) is 28.1 Å². The van der Waals surface area contributed by atoms with Crippen LogP contribution in [0.15, 0.2) is 21.5 Å². The lowest BCUT2D eigenvalue weighted by molar-refractivity contribution is 0.0936. The van der Waals surface area contributed by atoms with Crippen molar-refractivity contribution in [3.8, 4) is 0 Å². The zero-order valence-corrected chi connectivity index (χ0v) is 12.9. The van der Waals surface area contributed by atoms with Crippen LogP contribution in [0, 0.1) is 5.82 Å². The first-order valence-electron chi connectivity index (χ1n) is 4.98. The quantitative estimate of drug-likeness (QED) is 0.631. The van der Waals surface area contributed by atoms with Crippen LogP contribution in [0.5, 0.6) is 0 Å². The van der Waals surface area contributed by atoms with Crippen molar-refractivity contribution in [2.75, 3.05) is 20.3 Å². The summed E-state index contributed by atoms with van der Waals surface area (Å²) in [6.45, 7) is 0.501. The van der Waals surface area contributed by atoms with E-state index in [0.717, 1.165) is 12.1 Å². The molecule has 5 nitrogen and oxygen atoms in total. The Labute approximate surface area is 122 Å². The fourth-order valence-corrected chi connectivity index (χ4v) is 3.33. The summed E-state index contributed by atoms with van der Waals surface area (Å²) in [5.41, 5.74) is -0.143. The molecule has 0 aliphatic heterocycles. The SMILES string of the molecule is COCCNC(=O)c1cc(F)c(Br)c(S(=O)(=O)Cl)c1. The Morgan fingerprint density at radius 3 is 2.68 bits per heavy atom. The van der Waals surface area contributed by atoms with Crippen molar-refractivity contribution in [2.24, 2.45) is 0 Å². The molecule has 0 saturated carbocycles. The Hall–Kier alpha value is -0.700. The van der Waals surface area contributed by atoms with Gasteiger partial charge in [0.2, 0.25) is 0 Å². The van der Waals surface area contributed by atoms with E-state index in [4.69, 9.17) is 15.4 Å². The standard InChI is InChI=1S/C10H10BrClFNO4S/c1-18-3-2-14-10(15)6-4-7(13)9(11)8(5-6)19(12,16)17/h4-5H,2-3H2,1H3,(H,14,15). The molecule has 1 rings (SSSR count). The van der Waals surface area contributed by atoms with Crippen LogP contribution in [-0.2, 0) is 13.8 Å². The summed E-state index contributed by atoms with van der Waals surface area (Å²) in [5, 5.41) is 2.44. The lowest BCUT2D eigenvalue weighted by atomic mass is 10.2. The second kappa shape index (κ2) is 6.65. The minimum absolute atomic E-state index is 0.143. The second-order valence-electron chi connectivity index (χ2n) is 3.46. The highest BCUT2D eigenvalue weighted by molar-refractivity contribution is 9.10. The first-order valence-corrected chi connectivity index (χ1v) is 8.08. The van der Waals surface area contributed by atoms with Crippen LogP contribution in [0.2, 0.25) is 0 Å². The van der Waals surface area contributed by atoms with E-state index in [1.807, 2.05) is 0 Å². The number of carbonyl (C=O) groups is 1. The van der Waals surface area contributed by atoms with Gasteiger partial charge in [0.05, 0.1) is 11.1 Å². The van der Waals surface area contributed by atoms with Gasteiger partial charge in [-0.3, -0.25) is 4.79 Å². The molecular weight excluding hydrogens is 365 g/mol. The lowest BCUT2D eigenvalue weighted by Gasteiger charge is -2.08. The number of ether oxygens (including phenoxy) is 1. The van der Waals surface area contributed by atoms with Gasteiger partial charge in [-0.2, -0.15) is 0 Å². The maximum absolute atomic E-state index is 13.5. The molecular formula is C10H10BrClFNO4S. The van der Waals surface area contributed by atoms with Crippen molar-refractivity contribution in [3.05, 3.63) is 28.0 Å². The smallest absolute Gasteiger partial charge is 0.262 e. The van der Waals surface area contributed by atoms with Gasteiger partial charge in [0.1, 0.15) is 10.7 Å². The first kappa shape index (κ1) is 16.4. The first-order chi connectivity index (χ1) is 8.77. The molecule has 1 aromatic carbocycles. The molecule has 0 aliphatic rings. The van der Waals surface area contributed by atoms with E-state index in [-0.39, 0.29) is 23.2 Å². The van der Waals surface area contributed by atoms with Crippen LogP contribution in [0.1, 0.15) is 10.4 Å². The van der Waals surface area contributed by atoms with E-state index in [9.17, 15) is 17.6 Å². The summed E-state index contributed by atoms with van der Waals surface area (Å²) in [6.07, 6.45) is 0. The molecule has 1 aromatic rings. The molecule has 0 atom stereocenters. The maximum atomic E-state index is 13.5. The number of halogens is 3. The number of rotatable bonds is 5. The van der Waals surface area contributed by atoms with E-state index in [0.29, 0.717) is 0 Å². The summed E-state index contributed by atoms with van der Waals surface area (Å²) in [4.78, 5) is 11.2. The number of benzene rings is 1. The third kappa shape index (κ3) is 4.41. The third-order valence-electron chi connectivity index (χ3n) is 2.11. The van der Waals surface area contributed by atoms with Crippen molar-refractivity contribution in [1.82, 2.24) is 5.32 Å². The number of carbonyl (C=O) groups excluding carboxylic acids is 1. The Morgan fingerprint density at radius 1 is 1.53 bits per heavy atom. The van der Waals surface area contributed by atoms with E-state index >= 15 is 0 Å². The molecule has 0 unspecified atom stereocenters. The summed E-state index contributed by atoms with van der Waals surface area (Å²) < 4.78 is 40.5. The Bertz CT molecular complexity index is 593. The lowest BCUT2D eigenvalue weighted by Crippen LogP contribution is -2.27. The average Bonchev–Trinajstić information content (AvgIpc) is 2.31. The molecule has 0 aromatic heterocycles. The molecule has 9 heteroatoms. The Morgan fingerprint density at radius 2 is 2.16 bits per heavy atom. The predicted molar refractivity (Wildman–Crippen MR) is 71.3 cm³/mol. The van der Waals surface area contributed by atoms with Gasteiger partial charge in [0.15, 0.2) is 0 Å². The van der Waals surface area contributed by atoms with E-state index in [1.165, 1.54) is 7.11 Å². The molecule has 1 amide bonds. The minimum atomic E-state index is -4.16. The predicted octanol–water partition coefficient (Wildman–Crippen LogP) is 1.89. The van der Waals surface area contributed by atoms with Crippen LogP contribution in [0.4, 0.5) is 4.39 Å². The molecule has 0 fully saturated rings. The van der Waals surface area contributed by atoms with Gasteiger partial charge in [-0.1, -0.05) is 0 Å². The molecule has 0 saturated heterocycles. The number of hydrogen-bond acceptors (Lipinski definition) is 4. The van der Waals surface area contributed by atoms with Gasteiger partial charge in [-0.15, -0.1) is 0 Å². The molecule has 0 radical (unpaired) electrons. The molecule has 19 heavy (non-hydrogen) atoms. The molecule has 0 spiro atoms. The fraction of sp³-hybridized carbons (Fsp3) is 0.300. The van der Waals surface area contributed by atoms with Crippen molar-refractivity contribution >= 4 is 41.6 Å². The van der Waals surface area contributed by atoms with Crippen molar-refractivity contribution in [3.63, 3.8) is 0 Å². The Kier molecular flexibility index (Phi) is 5.72. The molecule has 0 aliphatic carbocycles. The summed E-state index contributed by atoms with van der Waals surface area (Å²) in [5.74, 6) is -1.51. The largest absolute Gasteiger partial charge is 0.383 e. The fourth-order valence-electron chi connectivity index (χ4n) is 1.24. The van der Waals surface area contributed by atoms with E-state index in [1.54, 1.807) is 0 Å². The molecule has 0 bridgehead atoms. The topological polar surface area (TPSA) is 72.5 Å². The van der Waals surface area contributed by atoms with Gasteiger partial charge >= 0.3 is 0 Å². The minimum Gasteiger partial charge on any atom is -0.383 e. The monoisotopic (exact) mass is 373 g/mol. The molecule has 106 valence electrons. The van der Waals surface area contributed by atoms with Crippen LogP contribution in [-0.4, -0.2) is 34.6 Å². The summed E-state index contributed by atoms with van der Waals surface area (Å²) in [7, 11) is 2.47. The average molecular weight is 375 g/mol. The third-order valence-corrected chi connectivity index (χ3v) is 4.53. The normalized spacial score (nSPS) is 11.4. The van der Waals surface area contributed by atoms with Crippen molar-refractivity contribution < 1.29 is 22.3 Å². The van der Waals surface area contributed by atoms with Gasteiger partial charge < -0.3 is 10.1 Å². The van der Waals surface area contributed by atoms with Crippen LogP contribution in [0.3, 0.4) is 0 Å². The zero-order valence-electron chi connectivity index (χ0n) is 9.74. The highest BCUT2D eigenvalue weighted by Gasteiger charge is 2.21. The maximum Gasteiger partial charge on any atom is 0.262 e. The van der Waals surface area contributed by atoms with Crippen molar-refractivity contribution in [1.29, 1.82) is 0 Å². The number of methoxy groups -OCH3 is 1. The number of nitrogens with one attached hydrogen (secondary N) is 1. The van der Waals surface area contributed by atoms with Gasteiger partial charge in [0.25, 0.3) is 15.0 Å².